The second kappa shape index (κ2) is 7.72. The molecule has 0 aliphatic heterocycles. The molecule has 0 heterocycles. The first-order valence-electron chi connectivity index (χ1n) is 6.18. The fourth-order valence-corrected chi connectivity index (χ4v) is 1.74. The Balaban J connectivity index is 2.12. The zero-order valence-corrected chi connectivity index (χ0v) is 12.5. The van der Waals surface area contributed by atoms with Gasteiger partial charge in [0.2, 0.25) is 0 Å². The minimum Gasteiger partial charge on any atom is -0.492 e. The quantitative estimate of drug-likeness (QED) is 0.775. The highest BCUT2D eigenvalue weighted by Gasteiger charge is 2.05. The van der Waals surface area contributed by atoms with E-state index >= 15 is 0 Å². The first kappa shape index (κ1) is 14.5. The SMILES string of the molecule is CC(C)C(C)CNCCOc1cccc(Br)c1. The van der Waals surface area contributed by atoms with Crippen LogP contribution in [-0.4, -0.2) is 19.7 Å². The van der Waals surface area contributed by atoms with Crippen LogP contribution in [0.25, 0.3) is 0 Å². The fourth-order valence-electron chi connectivity index (χ4n) is 1.36. The maximum absolute atomic E-state index is 5.64. The van der Waals surface area contributed by atoms with Crippen LogP contribution < -0.4 is 10.1 Å². The van der Waals surface area contributed by atoms with Crippen LogP contribution in [0, 0.1) is 11.8 Å². The van der Waals surface area contributed by atoms with Gasteiger partial charge in [0, 0.05) is 11.0 Å². The van der Waals surface area contributed by atoms with Gasteiger partial charge in [-0.05, 0) is 36.6 Å². The predicted octanol–water partition coefficient (Wildman–Crippen LogP) is 3.71. The second-order valence-electron chi connectivity index (χ2n) is 4.73. The number of hydrogen-bond donors (Lipinski definition) is 1. The van der Waals surface area contributed by atoms with Crippen LogP contribution in [0.2, 0.25) is 0 Å². The number of hydrogen-bond acceptors (Lipinski definition) is 2. The molecule has 0 fully saturated rings. The van der Waals surface area contributed by atoms with E-state index in [4.69, 9.17) is 4.74 Å². The van der Waals surface area contributed by atoms with E-state index in [1.165, 1.54) is 0 Å². The number of benzene rings is 1. The smallest absolute Gasteiger partial charge is 0.120 e. The number of rotatable bonds is 7. The highest BCUT2D eigenvalue weighted by Crippen LogP contribution is 2.17. The molecule has 0 amide bonds. The fraction of sp³-hybridized carbons (Fsp3) is 0.571. The molecule has 0 aliphatic rings. The van der Waals surface area contributed by atoms with Gasteiger partial charge >= 0.3 is 0 Å². The third-order valence-electron chi connectivity index (χ3n) is 2.95. The topological polar surface area (TPSA) is 21.3 Å². The van der Waals surface area contributed by atoms with Crippen LogP contribution >= 0.6 is 15.9 Å². The van der Waals surface area contributed by atoms with Crippen LogP contribution in [0.15, 0.2) is 28.7 Å². The van der Waals surface area contributed by atoms with Crippen molar-refractivity contribution in [3.63, 3.8) is 0 Å². The monoisotopic (exact) mass is 299 g/mol. The van der Waals surface area contributed by atoms with Crippen molar-refractivity contribution < 1.29 is 4.74 Å². The number of nitrogens with one attached hydrogen (secondary N) is 1. The lowest BCUT2D eigenvalue weighted by molar-refractivity contribution is 0.302. The average Bonchev–Trinajstić information content (AvgIpc) is 2.28. The number of ether oxygens (including phenoxy) is 1. The molecule has 0 saturated carbocycles. The third kappa shape index (κ3) is 6.08. The highest BCUT2D eigenvalue weighted by atomic mass is 79.9. The van der Waals surface area contributed by atoms with Crippen LogP contribution in [0.4, 0.5) is 0 Å². The van der Waals surface area contributed by atoms with Gasteiger partial charge in [0.25, 0.3) is 0 Å². The summed E-state index contributed by atoms with van der Waals surface area (Å²) in [5.74, 6) is 2.35. The van der Waals surface area contributed by atoms with Gasteiger partial charge < -0.3 is 10.1 Å². The van der Waals surface area contributed by atoms with E-state index in [2.05, 4.69) is 42.0 Å². The van der Waals surface area contributed by atoms with Crippen LogP contribution in [-0.2, 0) is 0 Å². The Morgan fingerprint density at radius 1 is 1.29 bits per heavy atom. The molecule has 17 heavy (non-hydrogen) atoms. The molecular formula is C14H22BrNO. The molecule has 0 radical (unpaired) electrons. The first-order chi connectivity index (χ1) is 8.09. The zero-order chi connectivity index (χ0) is 12.7. The number of halogens is 1. The first-order valence-corrected chi connectivity index (χ1v) is 6.98. The van der Waals surface area contributed by atoms with E-state index < -0.39 is 0 Å². The lowest BCUT2D eigenvalue weighted by Gasteiger charge is -2.16. The summed E-state index contributed by atoms with van der Waals surface area (Å²) in [6.45, 7) is 9.44. The van der Waals surface area contributed by atoms with E-state index in [1.807, 2.05) is 24.3 Å². The summed E-state index contributed by atoms with van der Waals surface area (Å²) in [5, 5.41) is 3.41. The van der Waals surface area contributed by atoms with Crippen LogP contribution in [0.1, 0.15) is 20.8 Å². The predicted molar refractivity (Wildman–Crippen MR) is 76.5 cm³/mol. The molecule has 2 nitrogen and oxygen atoms in total. The van der Waals surface area contributed by atoms with E-state index in [0.29, 0.717) is 12.5 Å². The third-order valence-corrected chi connectivity index (χ3v) is 3.44. The lowest BCUT2D eigenvalue weighted by atomic mass is 9.98. The Labute approximate surface area is 113 Å². The van der Waals surface area contributed by atoms with Gasteiger partial charge in [-0.2, -0.15) is 0 Å². The van der Waals surface area contributed by atoms with Crippen LogP contribution in [0.3, 0.4) is 0 Å². The molecule has 0 aromatic heterocycles. The largest absolute Gasteiger partial charge is 0.492 e. The molecule has 3 heteroatoms. The molecule has 1 aromatic rings. The summed E-state index contributed by atoms with van der Waals surface area (Å²) in [6, 6.07) is 7.93. The summed E-state index contributed by atoms with van der Waals surface area (Å²) in [7, 11) is 0. The summed E-state index contributed by atoms with van der Waals surface area (Å²) in [5.41, 5.74) is 0. The summed E-state index contributed by atoms with van der Waals surface area (Å²) >= 11 is 3.42. The Bertz CT molecular complexity index is 328. The minimum atomic E-state index is 0.709. The Morgan fingerprint density at radius 3 is 2.71 bits per heavy atom. The Hall–Kier alpha value is -0.540. The van der Waals surface area contributed by atoms with Crippen LogP contribution in [0.5, 0.6) is 5.75 Å². The van der Waals surface area contributed by atoms with E-state index in [-0.39, 0.29) is 0 Å². The van der Waals surface area contributed by atoms with Crippen molar-refractivity contribution in [1.29, 1.82) is 0 Å². The van der Waals surface area contributed by atoms with Gasteiger partial charge in [-0.3, -0.25) is 0 Å². The summed E-state index contributed by atoms with van der Waals surface area (Å²) < 4.78 is 6.69. The van der Waals surface area contributed by atoms with Crippen molar-refractivity contribution in [2.45, 2.75) is 20.8 Å². The molecule has 0 saturated heterocycles. The van der Waals surface area contributed by atoms with Crippen molar-refractivity contribution in [2.75, 3.05) is 19.7 Å². The van der Waals surface area contributed by atoms with Gasteiger partial charge in [0.15, 0.2) is 0 Å². The summed E-state index contributed by atoms with van der Waals surface area (Å²) in [6.07, 6.45) is 0. The van der Waals surface area contributed by atoms with Crippen molar-refractivity contribution in [1.82, 2.24) is 5.32 Å². The molecule has 0 spiro atoms. The zero-order valence-electron chi connectivity index (χ0n) is 10.9. The van der Waals surface area contributed by atoms with Crippen molar-refractivity contribution in [2.24, 2.45) is 11.8 Å². The molecule has 1 atom stereocenters. The Kier molecular flexibility index (Phi) is 6.60. The molecular weight excluding hydrogens is 278 g/mol. The maximum Gasteiger partial charge on any atom is 0.120 e. The van der Waals surface area contributed by atoms with Crippen molar-refractivity contribution in [3.05, 3.63) is 28.7 Å². The average molecular weight is 300 g/mol. The van der Waals surface area contributed by atoms with E-state index in [9.17, 15) is 0 Å². The van der Waals surface area contributed by atoms with Crippen molar-refractivity contribution >= 4 is 15.9 Å². The molecule has 0 aliphatic carbocycles. The molecule has 1 aromatic carbocycles. The normalized spacial score (nSPS) is 12.8. The van der Waals surface area contributed by atoms with Gasteiger partial charge in [0.1, 0.15) is 12.4 Å². The highest BCUT2D eigenvalue weighted by molar-refractivity contribution is 9.10. The van der Waals surface area contributed by atoms with Gasteiger partial charge in [-0.25, -0.2) is 0 Å². The van der Waals surface area contributed by atoms with Gasteiger partial charge in [-0.15, -0.1) is 0 Å². The van der Waals surface area contributed by atoms with E-state index in [0.717, 1.165) is 29.2 Å². The minimum absolute atomic E-state index is 0.709. The second-order valence-corrected chi connectivity index (χ2v) is 5.65. The standard InChI is InChI=1S/C14H22BrNO/c1-11(2)12(3)10-16-7-8-17-14-6-4-5-13(15)9-14/h4-6,9,11-12,16H,7-8,10H2,1-3H3. The summed E-state index contributed by atoms with van der Waals surface area (Å²) in [4.78, 5) is 0. The molecule has 0 bridgehead atoms. The molecule has 1 N–H and O–H groups in total. The Morgan fingerprint density at radius 2 is 2.06 bits per heavy atom. The van der Waals surface area contributed by atoms with Gasteiger partial charge in [0.05, 0.1) is 0 Å². The maximum atomic E-state index is 5.64. The van der Waals surface area contributed by atoms with E-state index in [1.54, 1.807) is 0 Å². The molecule has 1 rings (SSSR count). The molecule has 1 unspecified atom stereocenters. The lowest BCUT2D eigenvalue weighted by Crippen LogP contribution is -2.28. The van der Waals surface area contributed by atoms with Gasteiger partial charge in [-0.1, -0.05) is 42.8 Å². The molecule has 96 valence electrons. The van der Waals surface area contributed by atoms with Crippen molar-refractivity contribution in [3.8, 4) is 5.75 Å².